The maximum absolute atomic E-state index is 10.0. The van der Waals surface area contributed by atoms with Crippen LogP contribution < -0.4 is 4.74 Å². The Balaban J connectivity index is 2.00. The highest BCUT2D eigenvalue weighted by Crippen LogP contribution is 2.21. The molecule has 0 aliphatic heterocycles. The third kappa shape index (κ3) is 3.02. The van der Waals surface area contributed by atoms with Crippen molar-refractivity contribution in [3.05, 3.63) is 59.7 Å². The van der Waals surface area contributed by atoms with Crippen molar-refractivity contribution in [3.63, 3.8) is 0 Å². The number of aromatic hydroxyl groups is 1. The molecule has 0 aromatic heterocycles. The molecule has 1 atom stereocenters. The number of phenolic OH excluding ortho intramolecular Hbond substituents is 1. The van der Waals surface area contributed by atoms with Crippen molar-refractivity contribution in [1.82, 2.24) is 0 Å². The van der Waals surface area contributed by atoms with Crippen LogP contribution in [0.2, 0.25) is 0 Å². The Hall–Kier alpha value is -2.00. The van der Waals surface area contributed by atoms with Crippen molar-refractivity contribution in [3.8, 4) is 11.5 Å². The van der Waals surface area contributed by atoms with E-state index >= 15 is 0 Å². The van der Waals surface area contributed by atoms with Crippen molar-refractivity contribution in [1.29, 1.82) is 0 Å². The summed E-state index contributed by atoms with van der Waals surface area (Å²) in [5, 5.41) is 19.3. The van der Waals surface area contributed by atoms with Gasteiger partial charge in [-0.05, 0) is 30.2 Å². The summed E-state index contributed by atoms with van der Waals surface area (Å²) in [6.45, 7) is 2.11. The van der Waals surface area contributed by atoms with Crippen LogP contribution in [0, 0.1) is 6.92 Å². The Morgan fingerprint density at radius 1 is 1.11 bits per heavy atom. The van der Waals surface area contributed by atoms with E-state index in [2.05, 4.69) is 0 Å². The van der Waals surface area contributed by atoms with E-state index in [1.165, 1.54) is 6.07 Å². The van der Waals surface area contributed by atoms with Crippen LogP contribution in [0.5, 0.6) is 11.5 Å². The minimum atomic E-state index is -0.673. The Morgan fingerprint density at radius 3 is 2.61 bits per heavy atom. The van der Waals surface area contributed by atoms with E-state index in [1.54, 1.807) is 18.2 Å². The zero-order valence-electron chi connectivity index (χ0n) is 10.2. The van der Waals surface area contributed by atoms with E-state index in [-0.39, 0.29) is 12.4 Å². The second-order valence-electron chi connectivity index (χ2n) is 4.18. The van der Waals surface area contributed by atoms with Gasteiger partial charge < -0.3 is 14.9 Å². The first-order chi connectivity index (χ1) is 8.66. The molecule has 3 heteroatoms. The molecule has 0 radical (unpaired) electrons. The standard InChI is InChI=1S/C15H16O3/c1-11-5-2-3-8-14(11)15(17)10-18-13-7-4-6-12(16)9-13/h2-9,15-17H,10H2,1H3. The SMILES string of the molecule is Cc1ccccc1C(O)COc1cccc(O)c1. The minimum Gasteiger partial charge on any atom is -0.508 e. The predicted molar refractivity (Wildman–Crippen MR) is 69.7 cm³/mol. The van der Waals surface area contributed by atoms with Gasteiger partial charge in [0, 0.05) is 6.07 Å². The lowest BCUT2D eigenvalue weighted by molar-refractivity contribution is 0.107. The average molecular weight is 244 g/mol. The van der Waals surface area contributed by atoms with Crippen LogP contribution in [-0.4, -0.2) is 16.8 Å². The highest BCUT2D eigenvalue weighted by atomic mass is 16.5. The molecule has 0 aliphatic carbocycles. The molecule has 3 nitrogen and oxygen atoms in total. The third-order valence-corrected chi connectivity index (χ3v) is 2.77. The van der Waals surface area contributed by atoms with Gasteiger partial charge in [-0.15, -0.1) is 0 Å². The van der Waals surface area contributed by atoms with Gasteiger partial charge >= 0.3 is 0 Å². The Bertz CT molecular complexity index is 523. The second kappa shape index (κ2) is 5.56. The summed E-state index contributed by atoms with van der Waals surface area (Å²) in [6, 6.07) is 14.2. The molecule has 0 aliphatic rings. The first kappa shape index (κ1) is 12.5. The Morgan fingerprint density at radius 2 is 1.89 bits per heavy atom. The smallest absolute Gasteiger partial charge is 0.123 e. The van der Waals surface area contributed by atoms with Crippen molar-refractivity contribution in [2.24, 2.45) is 0 Å². The van der Waals surface area contributed by atoms with Gasteiger partial charge in [-0.3, -0.25) is 0 Å². The largest absolute Gasteiger partial charge is 0.508 e. The van der Waals surface area contributed by atoms with E-state index < -0.39 is 6.10 Å². The van der Waals surface area contributed by atoms with Gasteiger partial charge in [0.15, 0.2) is 0 Å². The lowest BCUT2D eigenvalue weighted by Crippen LogP contribution is -2.10. The van der Waals surface area contributed by atoms with Crippen LogP contribution in [0.15, 0.2) is 48.5 Å². The van der Waals surface area contributed by atoms with Crippen molar-refractivity contribution in [2.75, 3.05) is 6.61 Å². The fourth-order valence-electron chi connectivity index (χ4n) is 1.80. The summed E-state index contributed by atoms with van der Waals surface area (Å²) in [7, 11) is 0. The number of aryl methyl sites for hydroxylation is 1. The summed E-state index contributed by atoms with van der Waals surface area (Å²) in [5.74, 6) is 0.695. The minimum absolute atomic E-state index is 0.151. The van der Waals surface area contributed by atoms with Crippen molar-refractivity contribution in [2.45, 2.75) is 13.0 Å². The molecule has 2 N–H and O–H groups in total. The molecular formula is C15H16O3. The molecule has 0 saturated heterocycles. The summed E-state index contributed by atoms with van der Waals surface area (Å²) < 4.78 is 5.45. The van der Waals surface area contributed by atoms with Gasteiger partial charge in [0.2, 0.25) is 0 Å². The monoisotopic (exact) mass is 244 g/mol. The average Bonchev–Trinajstić information content (AvgIpc) is 2.37. The van der Waals surface area contributed by atoms with E-state index in [9.17, 15) is 10.2 Å². The number of ether oxygens (including phenoxy) is 1. The van der Waals surface area contributed by atoms with Gasteiger partial charge in [-0.2, -0.15) is 0 Å². The normalized spacial score (nSPS) is 12.1. The number of hydrogen-bond donors (Lipinski definition) is 2. The van der Waals surface area contributed by atoms with Gasteiger partial charge in [0.25, 0.3) is 0 Å². The highest BCUT2D eigenvalue weighted by Gasteiger charge is 2.10. The number of aliphatic hydroxyl groups excluding tert-OH is 1. The molecule has 0 amide bonds. The Labute approximate surface area is 106 Å². The molecule has 0 saturated carbocycles. The van der Waals surface area contributed by atoms with E-state index in [1.807, 2.05) is 31.2 Å². The fourth-order valence-corrected chi connectivity index (χ4v) is 1.80. The zero-order chi connectivity index (χ0) is 13.0. The number of rotatable bonds is 4. The third-order valence-electron chi connectivity index (χ3n) is 2.77. The first-order valence-corrected chi connectivity index (χ1v) is 5.82. The molecule has 2 rings (SSSR count). The summed E-state index contributed by atoms with van der Waals surface area (Å²) in [5.41, 5.74) is 1.89. The molecule has 0 bridgehead atoms. The molecule has 0 fully saturated rings. The van der Waals surface area contributed by atoms with Crippen LogP contribution in [0.25, 0.3) is 0 Å². The number of benzene rings is 2. The fraction of sp³-hybridized carbons (Fsp3) is 0.200. The number of hydrogen-bond acceptors (Lipinski definition) is 3. The van der Waals surface area contributed by atoms with Gasteiger partial charge in [0.05, 0.1) is 0 Å². The molecule has 0 spiro atoms. The van der Waals surface area contributed by atoms with Crippen molar-refractivity contribution >= 4 is 0 Å². The first-order valence-electron chi connectivity index (χ1n) is 5.82. The number of phenols is 1. The van der Waals surface area contributed by atoms with E-state index in [0.29, 0.717) is 5.75 Å². The lowest BCUT2D eigenvalue weighted by Gasteiger charge is -2.14. The van der Waals surface area contributed by atoms with E-state index in [0.717, 1.165) is 11.1 Å². The summed E-state index contributed by atoms with van der Waals surface area (Å²) >= 11 is 0. The van der Waals surface area contributed by atoms with Crippen LogP contribution in [0.3, 0.4) is 0 Å². The summed E-state index contributed by atoms with van der Waals surface area (Å²) in [4.78, 5) is 0. The second-order valence-corrected chi connectivity index (χ2v) is 4.18. The van der Waals surface area contributed by atoms with Gasteiger partial charge in [-0.25, -0.2) is 0 Å². The quantitative estimate of drug-likeness (QED) is 0.869. The molecule has 2 aromatic rings. The van der Waals surface area contributed by atoms with Crippen LogP contribution in [0.1, 0.15) is 17.2 Å². The molecule has 94 valence electrons. The molecular weight excluding hydrogens is 228 g/mol. The maximum atomic E-state index is 10.0. The topological polar surface area (TPSA) is 49.7 Å². The van der Waals surface area contributed by atoms with Crippen molar-refractivity contribution < 1.29 is 14.9 Å². The Kier molecular flexibility index (Phi) is 3.85. The van der Waals surface area contributed by atoms with Gasteiger partial charge in [0.1, 0.15) is 24.2 Å². The predicted octanol–water partition coefficient (Wildman–Crippen LogP) is 2.81. The molecule has 2 aromatic carbocycles. The summed E-state index contributed by atoms with van der Waals surface area (Å²) in [6.07, 6.45) is -0.673. The van der Waals surface area contributed by atoms with Crippen LogP contribution in [-0.2, 0) is 0 Å². The molecule has 1 unspecified atom stereocenters. The highest BCUT2D eigenvalue weighted by molar-refractivity contribution is 5.32. The van der Waals surface area contributed by atoms with Gasteiger partial charge in [-0.1, -0.05) is 30.3 Å². The van der Waals surface area contributed by atoms with E-state index in [4.69, 9.17) is 4.74 Å². The zero-order valence-corrected chi connectivity index (χ0v) is 10.2. The maximum Gasteiger partial charge on any atom is 0.123 e. The van der Waals surface area contributed by atoms with Crippen LogP contribution >= 0.6 is 0 Å². The molecule has 18 heavy (non-hydrogen) atoms. The lowest BCUT2D eigenvalue weighted by atomic mass is 10.0. The van der Waals surface area contributed by atoms with Crippen LogP contribution in [0.4, 0.5) is 0 Å². The number of aliphatic hydroxyl groups is 1. The molecule has 0 heterocycles.